The van der Waals surface area contributed by atoms with Crippen molar-refractivity contribution >= 4 is 43.7 Å². The van der Waals surface area contributed by atoms with Gasteiger partial charge >= 0.3 is 0 Å². The van der Waals surface area contributed by atoms with Gasteiger partial charge in [0.05, 0.1) is 11.5 Å². The summed E-state index contributed by atoms with van der Waals surface area (Å²) < 4.78 is 30.4. The van der Waals surface area contributed by atoms with Crippen LogP contribution in [0.3, 0.4) is 0 Å². The molecule has 1 atom stereocenters. The fraction of sp³-hybridized carbons (Fsp3) is 0.200. The van der Waals surface area contributed by atoms with Crippen LogP contribution in [0.2, 0.25) is 0 Å². The van der Waals surface area contributed by atoms with Crippen LogP contribution in [0.5, 0.6) is 0 Å². The second-order valence-corrected chi connectivity index (χ2v) is 11.3. The van der Waals surface area contributed by atoms with Crippen LogP contribution in [0.1, 0.15) is 28.1 Å². The van der Waals surface area contributed by atoms with E-state index >= 15 is 0 Å². The summed E-state index contributed by atoms with van der Waals surface area (Å²) in [6.45, 7) is 1.91. The third-order valence-corrected chi connectivity index (χ3v) is 7.71. The van der Waals surface area contributed by atoms with Crippen molar-refractivity contribution in [1.82, 2.24) is 10.6 Å². The number of benzene rings is 2. The van der Waals surface area contributed by atoms with Gasteiger partial charge < -0.3 is 15.1 Å². The summed E-state index contributed by atoms with van der Waals surface area (Å²) in [4.78, 5) is 25.8. The van der Waals surface area contributed by atoms with Crippen LogP contribution in [-0.2, 0) is 14.6 Å². The Morgan fingerprint density at radius 3 is 2.38 bits per heavy atom. The Kier molecular flexibility index (Phi) is 7.04. The lowest BCUT2D eigenvalue weighted by Gasteiger charge is -2.14. The van der Waals surface area contributed by atoms with E-state index < -0.39 is 27.7 Å². The average Bonchev–Trinajstić information content (AvgIpc) is 3.40. The van der Waals surface area contributed by atoms with E-state index in [1.807, 2.05) is 31.2 Å². The van der Waals surface area contributed by atoms with Gasteiger partial charge in [0.1, 0.15) is 17.2 Å². The van der Waals surface area contributed by atoms with Crippen molar-refractivity contribution in [1.29, 1.82) is 0 Å². The molecule has 0 radical (unpaired) electrons. The molecule has 9 heteroatoms. The van der Waals surface area contributed by atoms with E-state index in [0.717, 1.165) is 15.6 Å². The molecule has 0 unspecified atom stereocenters. The highest BCUT2D eigenvalue weighted by atomic mass is 79.9. The van der Waals surface area contributed by atoms with Gasteiger partial charge in [-0.1, -0.05) is 45.8 Å². The summed E-state index contributed by atoms with van der Waals surface area (Å²) in [5.41, 5.74) is 2.21. The molecule has 2 amide bonds. The number of aryl methyl sites for hydroxylation is 1. The maximum Gasteiger partial charge on any atom is 0.268 e. The first-order valence-corrected chi connectivity index (χ1v) is 13.3. The van der Waals surface area contributed by atoms with Crippen LogP contribution < -0.4 is 10.6 Å². The molecule has 0 bridgehead atoms. The lowest BCUT2D eigenvalue weighted by atomic mass is 10.1. The highest BCUT2D eigenvalue weighted by Gasteiger charge is 2.30. The molecule has 7 nitrogen and oxygen atoms in total. The molecule has 0 saturated carbocycles. The number of halogens is 1. The fourth-order valence-electron chi connectivity index (χ4n) is 3.57. The van der Waals surface area contributed by atoms with Crippen LogP contribution in [0.15, 0.2) is 75.3 Å². The van der Waals surface area contributed by atoms with Crippen molar-refractivity contribution in [3.05, 3.63) is 87.7 Å². The van der Waals surface area contributed by atoms with E-state index in [4.69, 9.17) is 4.42 Å². The summed E-state index contributed by atoms with van der Waals surface area (Å²) in [7, 11) is -3.17. The zero-order valence-electron chi connectivity index (χ0n) is 18.4. The number of amides is 2. The molecule has 34 heavy (non-hydrogen) atoms. The van der Waals surface area contributed by atoms with Crippen molar-refractivity contribution in [3.63, 3.8) is 0 Å². The summed E-state index contributed by atoms with van der Waals surface area (Å²) in [6.07, 6.45) is 1.77. The lowest BCUT2D eigenvalue weighted by molar-refractivity contribution is -0.118. The van der Waals surface area contributed by atoms with E-state index in [1.165, 1.54) is 6.08 Å². The molecule has 3 aromatic rings. The molecule has 0 spiro atoms. The van der Waals surface area contributed by atoms with Crippen molar-refractivity contribution in [2.24, 2.45) is 0 Å². The Bertz CT molecular complexity index is 1340. The van der Waals surface area contributed by atoms with E-state index in [2.05, 4.69) is 26.6 Å². The van der Waals surface area contributed by atoms with Crippen molar-refractivity contribution < 1.29 is 22.4 Å². The SMILES string of the molecule is Cc1ccc(C(=O)N/C(=C\c2ccc(-c3ccc(Br)cc3)o2)C(=O)N[C@H]2CCS(=O)(=O)C2)cc1. The van der Waals surface area contributed by atoms with Gasteiger partial charge in [-0.15, -0.1) is 0 Å². The molecule has 1 aliphatic rings. The number of hydrogen-bond acceptors (Lipinski definition) is 5. The third kappa shape index (κ3) is 6.03. The van der Waals surface area contributed by atoms with E-state index in [9.17, 15) is 18.0 Å². The Hall–Kier alpha value is -3.17. The van der Waals surface area contributed by atoms with Crippen molar-refractivity contribution in [2.75, 3.05) is 11.5 Å². The highest BCUT2D eigenvalue weighted by molar-refractivity contribution is 9.10. The molecule has 2 N–H and O–H groups in total. The number of sulfone groups is 1. The predicted octanol–water partition coefficient (Wildman–Crippen LogP) is 4.09. The minimum atomic E-state index is -3.17. The fourth-order valence-corrected chi connectivity index (χ4v) is 5.51. The summed E-state index contributed by atoms with van der Waals surface area (Å²) >= 11 is 3.40. The first-order valence-electron chi connectivity index (χ1n) is 10.7. The molecular formula is C25H23BrN2O5S. The number of carbonyl (C=O) groups is 2. The number of carbonyl (C=O) groups excluding carboxylic acids is 2. The quantitative estimate of drug-likeness (QED) is 0.456. The van der Waals surface area contributed by atoms with Gasteiger partial charge in [0.25, 0.3) is 11.8 Å². The molecule has 176 valence electrons. The first kappa shape index (κ1) is 24.0. The molecule has 4 rings (SSSR count). The average molecular weight is 543 g/mol. The summed E-state index contributed by atoms with van der Waals surface area (Å²) in [6, 6.07) is 17.5. The normalized spacial score (nSPS) is 17.4. The van der Waals surface area contributed by atoms with Crippen molar-refractivity contribution in [3.8, 4) is 11.3 Å². The Morgan fingerprint density at radius 1 is 1.03 bits per heavy atom. The Morgan fingerprint density at radius 2 is 1.74 bits per heavy atom. The highest BCUT2D eigenvalue weighted by Crippen LogP contribution is 2.25. The second kappa shape index (κ2) is 9.99. The zero-order chi connectivity index (χ0) is 24.3. The summed E-state index contributed by atoms with van der Waals surface area (Å²) in [5.74, 6) is -0.158. The maximum absolute atomic E-state index is 13.0. The molecule has 2 heterocycles. The predicted molar refractivity (Wildman–Crippen MR) is 134 cm³/mol. The van der Waals surface area contributed by atoms with Crippen LogP contribution in [0.25, 0.3) is 17.4 Å². The topological polar surface area (TPSA) is 105 Å². The van der Waals surface area contributed by atoms with E-state index in [0.29, 0.717) is 23.5 Å². The third-order valence-electron chi connectivity index (χ3n) is 5.42. The summed E-state index contributed by atoms with van der Waals surface area (Å²) in [5, 5.41) is 5.36. The minimum Gasteiger partial charge on any atom is -0.457 e. The van der Waals surface area contributed by atoms with Gasteiger partial charge in [0.15, 0.2) is 9.84 Å². The number of rotatable bonds is 6. The molecule has 1 aliphatic heterocycles. The Balaban J connectivity index is 1.59. The smallest absolute Gasteiger partial charge is 0.268 e. The van der Waals surface area contributed by atoms with Gasteiger partial charge in [-0.25, -0.2) is 8.42 Å². The van der Waals surface area contributed by atoms with Crippen LogP contribution in [0.4, 0.5) is 0 Å². The maximum atomic E-state index is 13.0. The monoisotopic (exact) mass is 542 g/mol. The van der Waals surface area contributed by atoms with Crippen molar-refractivity contribution in [2.45, 2.75) is 19.4 Å². The van der Waals surface area contributed by atoms with Gasteiger partial charge in [-0.3, -0.25) is 9.59 Å². The van der Waals surface area contributed by atoms with E-state index in [-0.39, 0.29) is 17.2 Å². The van der Waals surface area contributed by atoms with Gasteiger partial charge in [0.2, 0.25) is 0 Å². The van der Waals surface area contributed by atoms with Crippen LogP contribution >= 0.6 is 15.9 Å². The standard InChI is InChI=1S/C25H23BrN2O5S/c1-16-2-4-18(5-3-16)24(29)28-22(25(30)27-20-12-13-34(31,32)15-20)14-21-10-11-23(33-21)17-6-8-19(26)9-7-17/h2-11,14,20H,12-13,15H2,1H3,(H,27,30)(H,28,29)/b22-14-/t20-/m0/s1. The first-order chi connectivity index (χ1) is 16.2. The number of furan rings is 1. The largest absolute Gasteiger partial charge is 0.457 e. The van der Waals surface area contributed by atoms with Gasteiger partial charge in [0, 0.05) is 27.7 Å². The molecule has 2 aromatic carbocycles. The second-order valence-electron chi connectivity index (χ2n) is 8.16. The molecular weight excluding hydrogens is 520 g/mol. The lowest BCUT2D eigenvalue weighted by Crippen LogP contribution is -2.41. The minimum absolute atomic E-state index is 0.0292. The van der Waals surface area contributed by atoms with Gasteiger partial charge in [-0.2, -0.15) is 0 Å². The molecule has 0 aliphatic carbocycles. The van der Waals surface area contributed by atoms with Crippen LogP contribution in [0, 0.1) is 6.92 Å². The number of nitrogens with one attached hydrogen (secondary N) is 2. The molecule has 1 saturated heterocycles. The zero-order valence-corrected chi connectivity index (χ0v) is 20.8. The molecule has 1 aromatic heterocycles. The number of hydrogen-bond donors (Lipinski definition) is 2. The van der Waals surface area contributed by atoms with Crippen LogP contribution in [-0.4, -0.2) is 37.8 Å². The van der Waals surface area contributed by atoms with Gasteiger partial charge in [-0.05, 0) is 49.7 Å². The van der Waals surface area contributed by atoms with E-state index in [1.54, 1.807) is 36.4 Å². The molecule has 1 fully saturated rings. The Labute approximate surface area is 206 Å².